The van der Waals surface area contributed by atoms with Crippen molar-refractivity contribution in [1.82, 2.24) is 0 Å². The van der Waals surface area contributed by atoms with Crippen LogP contribution < -0.4 is 0 Å². The fraction of sp³-hybridized carbons (Fsp3) is 0.688. The molecule has 0 bridgehead atoms. The largest absolute Gasteiger partial charge is 0.498 e. The first-order chi connectivity index (χ1) is 10.1. The highest BCUT2D eigenvalue weighted by Gasteiger charge is 2.53. The molecule has 2 rings (SSSR count). The van der Waals surface area contributed by atoms with E-state index in [1.807, 2.05) is 13.0 Å². The Hall–Kier alpha value is -1.17. The molecule has 5 heteroatoms. The summed E-state index contributed by atoms with van der Waals surface area (Å²) in [6.45, 7) is 2.75. The number of carbonyl (C=O) groups is 1. The van der Waals surface area contributed by atoms with Gasteiger partial charge in [-0.2, -0.15) is 0 Å². The average Bonchev–Trinajstić information content (AvgIpc) is 2.48. The first-order valence-electron chi connectivity index (χ1n) is 7.26. The molecule has 0 spiro atoms. The van der Waals surface area contributed by atoms with E-state index in [2.05, 4.69) is 6.08 Å². The molecular formula is C16H24O5. The quantitative estimate of drug-likeness (QED) is 0.459. The zero-order chi connectivity index (χ0) is 15.5. The number of hydrogen-bond donors (Lipinski definition) is 1. The van der Waals surface area contributed by atoms with Gasteiger partial charge in [0.05, 0.1) is 13.7 Å². The number of allylic oxidation sites excluding steroid dienone is 3. The van der Waals surface area contributed by atoms with Gasteiger partial charge in [0.2, 0.25) is 0 Å². The molecule has 0 aliphatic heterocycles. The van der Waals surface area contributed by atoms with Gasteiger partial charge in [0, 0.05) is 24.5 Å². The standard InChI is InChI=1S/C16H24O5/c1-16-11(7-8-21-10-19-2)5-4-6-12(16)13(17)9-14(20-3)15(16)18/h4-5,9,11-12,15,18H,6-8,10H2,1-3H3. The summed E-state index contributed by atoms with van der Waals surface area (Å²) < 4.78 is 15.4. The van der Waals surface area contributed by atoms with Crippen LogP contribution in [0.4, 0.5) is 0 Å². The minimum atomic E-state index is -0.775. The second kappa shape index (κ2) is 6.73. The number of rotatable bonds is 6. The van der Waals surface area contributed by atoms with E-state index in [9.17, 15) is 9.90 Å². The SMILES string of the molecule is COCOCCC1C=CCC2C(=O)C=C(OC)C(O)C12C. The zero-order valence-electron chi connectivity index (χ0n) is 12.9. The minimum Gasteiger partial charge on any atom is -0.498 e. The van der Waals surface area contributed by atoms with E-state index >= 15 is 0 Å². The van der Waals surface area contributed by atoms with Gasteiger partial charge in [-0.25, -0.2) is 0 Å². The van der Waals surface area contributed by atoms with E-state index in [-0.39, 0.29) is 24.4 Å². The number of hydrogen-bond acceptors (Lipinski definition) is 5. The van der Waals surface area contributed by atoms with Crippen molar-refractivity contribution in [3.63, 3.8) is 0 Å². The van der Waals surface area contributed by atoms with Gasteiger partial charge in [0.1, 0.15) is 18.7 Å². The molecule has 5 nitrogen and oxygen atoms in total. The van der Waals surface area contributed by atoms with Crippen molar-refractivity contribution >= 4 is 5.78 Å². The van der Waals surface area contributed by atoms with Crippen molar-refractivity contribution in [2.24, 2.45) is 17.3 Å². The van der Waals surface area contributed by atoms with Crippen LogP contribution in [0, 0.1) is 17.3 Å². The Kier molecular flexibility index (Phi) is 5.19. The summed E-state index contributed by atoms with van der Waals surface area (Å²) in [4.78, 5) is 12.3. The number of ether oxygens (including phenoxy) is 3. The van der Waals surface area contributed by atoms with Gasteiger partial charge in [-0.15, -0.1) is 0 Å². The smallest absolute Gasteiger partial charge is 0.163 e. The Morgan fingerprint density at radius 1 is 1.43 bits per heavy atom. The Morgan fingerprint density at radius 3 is 2.86 bits per heavy atom. The molecule has 0 saturated heterocycles. The Balaban J connectivity index is 2.19. The number of fused-ring (bicyclic) bond motifs is 1. The van der Waals surface area contributed by atoms with Gasteiger partial charge >= 0.3 is 0 Å². The maximum absolute atomic E-state index is 12.3. The molecule has 2 aliphatic rings. The van der Waals surface area contributed by atoms with Gasteiger partial charge in [-0.3, -0.25) is 4.79 Å². The lowest BCUT2D eigenvalue weighted by molar-refractivity contribution is -0.134. The summed E-state index contributed by atoms with van der Waals surface area (Å²) >= 11 is 0. The molecule has 1 N–H and O–H groups in total. The number of aliphatic hydroxyl groups is 1. The number of methoxy groups -OCH3 is 2. The van der Waals surface area contributed by atoms with Crippen LogP contribution in [0.2, 0.25) is 0 Å². The van der Waals surface area contributed by atoms with Crippen LogP contribution >= 0.6 is 0 Å². The third-order valence-electron chi connectivity index (χ3n) is 4.79. The molecule has 0 aromatic heterocycles. The lowest BCUT2D eigenvalue weighted by Crippen LogP contribution is -2.52. The maximum Gasteiger partial charge on any atom is 0.163 e. The summed E-state index contributed by atoms with van der Waals surface area (Å²) in [6, 6.07) is 0. The van der Waals surface area contributed by atoms with Gasteiger partial charge in [-0.05, 0) is 18.8 Å². The predicted octanol–water partition coefficient (Wildman–Crippen LogP) is 1.67. The molecule has 0 fully saturated rings. The van der Waals surface area contributed by atoms with Crippen molar-refractivity contribution < 1.29 is 24.1 Å². The van der Waals surface area contributed by atoms with E-state index < -0.39 is 11.5 Å². The summed E-state index contributed by atoms with van der Waals surface area (Å²) in [5.74, 6) is 0.249. The Bertz CT molecular complexity index is 442. The highest BCUT2D eigenvalue weighted by atomic mass is 16.7. The molecule has 4 atom stereocenters. The van der Waals surface area contributed by atoms with Gasteiger partial charge < -0.3 is 19.3 Å². The van der Waals surface area contributed by atoms with Crippen molar-refractivity contribution in [3.05, 3.63) is 24.0 Å². The molecule has 4 unspecified atom stereocenters. The van der Waals surface area contributed by atoms with Gasteiger partial charge in [0.15, 0.2) is 5.78 Å². The monoisotopic (exact) mass is 296 g/mol. The van der Waals surface area contributed by atoms with Gasteiger partial charge in [-0.1, -0.05) is 19.1 Å². The fourth-order valence-corrected chi connectivity index (χ4v) is 3.47. The first-order valence-corrected chi connectivity index (χ1v) is 7.26. The summed E-state index contributed by atoms with van der Waals surface area (Å²) in [7, 11) is 3.07. The van der Waals surface area contributed by atoms with E-state index in [0.29, 0.717) is 18.8 Å². The second-order valence-electron chi connectivity index (χ2n) is 5.85. The fourth-order valence-electron chi connectivity index (χ4n) is 3.47. The zero-order valence-corrected chi connectivity index (χ0v) is 12.9. The van der Waals surface area contributed by atoms with Crippen molar-refractivity contribution in [2.75, 3.05) is 27.6 Å². The van der Waals surface area contributed by atoms with Crippen LogP contribution in [0.3, 0.4) is 0 Å². The first kappa shape index (κ1) is 16.2. The van der Waals surface area contributed by atoms with Crippen LogP contribution in [0.15, 0.2) is 24.0 Å². The topological polar surface area (TPSA) is 65.0 Å². The van der Waals surface area contributed by atoms with Crippen LogP contribution in [0.5, 0.6) is 0 Å². The van der Waals surface area contributed by atoms with E-state index in [4.69, 9.17) is 14.2 Å². The Morgan fingerprint density at radius 2 is 2.19 bits per heavy atom. The number of aliphatic hydroxyl groups excluding tert-OH is 1. The third kappa shape index (κ3) is 2.91. The predicted molar refractivity (Wildman–Crippen MR) is 77.4 cm³/mol. The highest BCUT2D eigenvalue weighted by molar-refractivity contribution is 5.94. The summed E-state index contributed by atoms with van der Waals surface area (Å²) in [6.07, 6.45) is 6.17. The molecule has 0 radical (unpaired) electrons. The van der Waals surface area contributed by atoms with Gasteiger partial charge in [0.25, 0.3) is 0 Å². The van der Waals surface area contributed by atoms with Crippen molar-refractivity contribution in [3.8, 4) is 0 Å². The molecule has 0 saturated carbocycles. The highest BCUT2D eigenvalue weighted by Crippen LogP contribution is 2.50. The number of ketones is 1. The summed E-state index contributed by atoms with van der Waals surface area (Å²) in [5, 5.41) is 10.7. The molecule has 2 aliphatic carbocycles. The van der Waals surface area contributed by atoms with Crippen LogP contribution in [0.25, 0.3) is 0 Å². The minimum absolute atomic E-state index is 0.0341. The lowest BCUT2D eigenvalue weighted by atomic mass is 9.56. The van der Waals surface area contributed by atoms with Crippen molar-refractivity contribution in [1.29, 1.82) is 0 Å². The maximum atomic E-state index is 12.3. The van der Waals surface area contributed by atoms with Crippen LogP contribution in [-0.2, 0) is 19.0 Å². The molecule has 0 amide bonds. The second-order valence-corrected chi connectivity index (χ2v) is 5.85. The summed E-state index contributed by atoms with van der Waals surface area (Å²) in [5.41, 5.74) is -0.553. The molecular weight excluding hydrogens is 272 g/mol. The molecule has 0 aromatic carbocycles. The lowest BCUT2D eigenvalue weighted by Gasteiger charge is -2.49. The van der Waals surface area contributed by atoms with E-state index in [1.54, 1.807) is 7.11 Å². The van der Waals surface area contributed by atoms with Crippen LogP contribution in [0.1, 0.15) is 19.8 Å². The van der Waals surface area contributed by atoms with Crippen molar-refractivity contribution in [2.45, 2.75) is 25.9 Å². The molecule has 0 aromatic rings. The average molecular weight is 296 g/mol. The third-order valence-corrected chi connectivity index (χ3v) is 4.79. The van der Waals surface area contributed by atoms with E-state index in [1.165, 1.54) is 13.2 Å². The normalized spacial score (nSPS) is 35.3. The van der Waals surface area contributed by atoms with E-state index in [0.717, 1.165) is 6.42 Å². The number of carbonyl (C=O) groups excluding carboxylic acids is 1. The molecule has 21 heavy (non-hydrogen) atoms. The van der Waals surface area contributed by atoms with Crippen LogP contribution in [-0.4, -0.2) is 44.6 Å². The molecule has 118 valence electrons. The molecule has 0 heterocycles. The Labute approximate surface area is 125 Å².